The Morgan fingerprint density at radius 1 is 1.62 bits per heavy atom. The second-order valence-corrected chi connectivity index (χ2v) is 2.78. The molecule has 1 rings (SSSR count). The van der Waals surface area contributed by atoms with Crippen LogP contribution < -0.4 is 16.0 Å². The number of hydrazine groups is 1. The van der Waals surface area contributed by atoms with E-state index in [1.165, 1.54) is 0 Å². The summed E-state index contributed by atoms with van der Waals surface area (Å²) in [5.74, 6) is 6.09. The van der Waals surface area contributed by atoms with E-state index in [1.54, 1.807) is 12.4 Å². The van der Waals surface area contributed by atoms with Crippen LogP contribution in [-0.2, 0) is 0 Å². The molecule has 1 aromatic heterocycles. The van der Waals surface area contributed by atoms with E-state index in [4.69, 9.17) is 10.6 Å². The van der Waals surface area contributed by atoms with Crippen molar-refractivity contribution in [3.8, 4) is 5.75 Å². The van der Waals surface area contributed by atoms with Crippen LogP contribution in [0.15, 0.2) is 18.5 Å². The maximum absolute atomic E-state index is 5.31. The molecule has 0 aliphatic heterocycles. The average Bonchev–Trinajstić information content (AvgIpc) is 2.18. The minimum Gasteiger partial charge on any atom is -0.492 e. The molecule has 4 heteroatoms. The summed E-state index contributed by atoms with van der Waals surface area (Å²) in [4.78, 5) is 4.05. The highest BCUT2D eigenvalue weighted by Crippen LogP contribution is 2.16. The smallest absolute Gasteiger partial charge is 0.137 e. The number of nitrogens with zero attached hydrogens (tertiary/aromatic N) is 1. The van der Waals surface area contributed by atoms with E-state index < -0.39 is 0 Å². The monoisotopic (exact) mass is 181 g/mol. The zero-order chi connectivity index (χ0) is 9.68. The number of hydrogen-bond acceptors (Lipinski definition) is 4. The normalized spacial score (nSPS) is 12.5. The van der Waals surface area contributed by atoms with Gasteiger partial charge >= 0.3 is 0 Å². The Bertz CT molecular complexity index is 265. The van der Waals surface area contributed by atoms with Crippen molar-refractivity contribution < 1.29 is 4.74 Å². The van der Waals surface area contributed by atoms with E-state index in [0.29, 0.717) is 6.61 Å². The molecule has 3 N–H and O–H groups in total. The van der Waals surface area contributed by atoms with Gasteiger partial charge in [0.05, 0.1) is 12.8 Å². The maximum Gasteiger partial charge on any atom is 0.137 e. The first-order valence-corrected chi connectivity index (χ1v) is 4.31. The average molecular weight is 181 g/mol. The molecule has 0 saturated carbocycles. The standard InChI is InChI=1S/C9H15N3O/c1-3-13-9-4-8(5-11-6-9)7(2)12-10/h4-7,12H,3,10H2,1-2H3. The van der Waals surface area contributed by atoms with Crippen molar-refractivity contribution >= 4 is 0 Å². The predicted octanol–water partition coefficient (Wildman–Crippen LogP) is 1.00. The predicted molar refractivity (Wildman–Crippen MR) is 51.1 cm³/mol. The molecular formula is C9H15N3O. The third kappa shape index (κ3) is 2.68. The van der Waals surface area contributed by atoms with E-state index in [9.17, 15) is 0 Å². The van der Waals surface area contributed by atoms with Crippen LogP contribution in [0.1, 0.15) is 25.5 Å². The van der Waals surface area contributed by atoms with Gasteiger partial charge in [-0.05, 0) is 25.5 Å². The Morgan fingerprint density at radius 2 is 2.38 bits per heavy atom. The Morgan fingerprint density at radius 3 is 3.00 bits per heavy atom. The van der Waals surface area contributed by atoms with Crippen molar-refractivity contribution in [2.75, 3.05) is 6.61 Å². The molecule has 0 spiro atoms. The van der Waals surface area contributed by atoms with Gasteiger partial charge in [0.1, 0.15) is 5.75 Å². The van der Waals surface area contributed by atoms with Gasteiger partial charge in [0.25, 0.3) is 0 Å². The SMILES string of the molecule is CCOc1cncc(C(C)NN)c1. The topological polar surface area (TPSA) is 60.2 Å². The minimum absolute atomic E-state index is 0.0907. The number of aromatic nitrogens is 1. The summed E-state index contributed by atoms with van der Waals surface area (Å²) in [6, 6.07) is 2.02. The Kier molecular flexibility index (Phi) is 3.67. The van der Waals surface area contributed by atoms with Crippen LogP contribution in [-0.4, -0.2) is 11.6 Å². The highest BCUT2D eigenvalue weighted by atomic mass is 16.5. The quantitative estimate of drug-likeness (QED) is 0.537. The minimum atomic E-state index is 0.0907. The highest BCUT2D eigenvalue weighted by Gasteiger charge is 2.03. The van der Waals surface area contributed by atoms with Crippen LogP contribution in [0.5, 0.6) is 5.75 Å². The van der Waals surface area contributed by atoms with Crippen molar-refractivity contribution in [3.63, 3.8) is 0 Å². The van der Waals surface area contributed by atoms with Gasteiger partial charge in [-0.15, -0.1) is 0 Å². The molecule has 0 radical (unpaired) electrons. The molecule has 0 bridgehead atoms. The summed E-state index contributed by atoms with van der Waals surface area (Å²) < 4.78 is 5.31. The lowest BCUT2D eigenvalue weighted by molar-refractivity contribution is 0.338. The molecule has 4 nitrogen and oxygen atoms in total. The first-order chi connectivity index (χ1) is 6.27. The van der Waals surface area contributed by atoms with Crippen LogP contribution in [0.2, 0.25) is 0 Å². The fourth-order valence-corrected chi connectivity index (χ4v) is 1.01. The second kappa shape index (κ2) is 4.79. The van der Waals surface area contributed by atoms with Crippen molar-refractivity contribution in [1.82, 2.24) is 10.4 Å². The summed E-state index contributed by atoms with van der Waals surface area (Å²) in [6.07, 6.45) is 3.46. The van der Waals surface area contributed by atoms with Crippen molar-refractivity contribution in [3.05, 3.63) is 24.0 Å². The second-order valence-electron chi connectivity index (χ2n) is 2.78. The number of nitrogens with two attached hydrogens (primary N) is 1. The van der Waals surface area contributed by atoms with E-state index in [1.807, 2.05) is 19.9 Å². The molecule has 1 aromatic rings. The summed E-state index contributed by atoms with van der Waals surface area (Å²) in [5.41, 5.74) is 3.68. The fraction of sp³-hybridized carbons (Fsp3) is 0.444. The summed E-state index contributed by atoms with van der Waals surface area (Å²) in [7, 11) is 0. The van der Waals surface area contributed by atoms with Gasteiger partial charge in [0.15, 0.2) is 0 Å². The number of pyridine rings is 1. The molecule has 13 heavy (non-hydrogen) atoms. The lowest BCUT2D eigenvalue weighted by Gasteiger charge is -2.10. The highest BCUT2D eigenvalue weighted by molar-refractivity contribution is 5.25. The first-order valence-electron chi connectivity index (χ1n) is 4.31. The van der Waals surface area contributed by atoms with E-state index >= 15 is 0 Å². The number of nitrogens with one attached hydrogen (secondary N) is 1. The molecule has 72 valence electrons. The third-order valence-electron chi connectivity index (χ3n) is 1.80. The van der Waals surface area contributed by atoms with Gasteiger partial charge in [-0.3, -0.25) is 16.3 Å². The van der Waals surface area contributed by atoms with Gasteiger partial charge in [-0.25, -0.2) is 0 Å². The van der Waals surface area contributed by atoms with Gasteiger partial charge in [0.2, 0.25) is 0 Å². The van der Waals surface area contributed by atoms with Crippen LogP contribution in [0, 0.1) is 0 Å². The summed E-state index contributed by atoms with van der Waals surface area (Å²) >= 11 is 0. The number of hydrogen-bond donors (Lipinski definition) is 2. The van der Waals surface area contributed by atoms with E-state index in [-0.39, 0.29) is 6.04 Å². The molecule has 1 unspecified atom stereocenters. The lowest BCUT2D eigenvalue weighted by atomic mass is 10.1. The molecule has 0 amide bonds. The Hall–Kier alpha value is -1.13. The molecule has 1 atom stereocenters. The van der Waals surface area contributed by atoms with E-state index in [0.717, 1.165) is 11.3 Å². The lowest BCUT2D eigenvalue weighted by Crippen LogP contribution is -2.25. The number of ether oxygens (including phenoxy) is 1. The zero-order valence-electron chi connectivity index (χ0n) is 7.95. The van der Waals surface area contributed by atoms with Crippen molar-refractivity contribution in [1.29, 1.82) is 0 Å². The van der Waals surface area contributed by atoms with Crippen LogP contribution in [0.3, 0.4) is 0 Å². The van der Waals surface area contributed by atoms with Gasteiger partial charge < -0.3 is 4.74 Å². The number of rotatable bonds is 4. The van der Waals surface area contributed by atoms with Gasteiger partial charge in [-0.1, -0.05) is 0 Å². The van der Waals surface area contributed by atoms with Gasteiger partial charge in [-0.2, -0.15) is 0 Å². The molecule has 0 aromatic carbocycles. The third-order valence-corrected chi connectivity index (χ3v) is 1.80. The van der Waals surface area contributed by atoms with Gasteiger partial charge in [0, 0.05) is 12.2 Å². The van der Waals surface area contributed by atoms with E-state index in [2.05, 4.69) is 10.4 Å². The fourth-order valence-electron chi connectivity index (χ4n) is 1.01. The zero-order valence-corrected chi connectivity index (χ0v) is 7.95. The molecule has 0 aliphatic rings. The maximum atomic E-state index is 5.31. The first kappa shape index (κ1) is 9.95. The van der Waals surface area contributed by atoms with Crippen LogP contribution in [0.25, 0.3) is 0 Å². The Balaban J connectivity index is 2.78. The molecule has 0 fully saturated rings. The Labute approximate surface area is 78.1 Å². The van der Waals surface area contributed by atoms with Crippen molar-refractivity contribution in [2.24, 2.45) is 5.84 Å². The molecular weight excluding hydrogens is 166 g/mol. The molecule has 0 aliphatic carbocycles. The largest absolute Gasteiger partial charge is 0.492 e. The van der Waals surface area contributed by atoms with Crippen LogP contribution >= 0.6 is 0 Å². The van der Waals surface area contributed by atoms with Crippen molar-refractivity contribution in [2.45, 2.75) is 19.9 Å². The summed E-state index contributed by atoms with van der Waals surface area (Å²) in [5, 5.41) is 0. The van der Waals surface area contributed by atoms with Crippen LogP contribution in [0.4, 0.5) is 0 Å². The summed E-state index contributed by atoms with van der Waals surface area (Å²) in [6.45, 7) is 4.56. The molecule has 1 heterocycles. The molecule has 0 saturated heterocycles.